The third-order valence-corrected chi connectivity index (χ3v) is 3.94. The molecule has 84 valence electrons. The van der Waals surface area contributed by atoms with Crippen LogP contribution in [0.5, 0.6) is 0 Å². The predicted octanol–water partition coefficient (Wildman–Crippen LogP) is 3.00. The highest BCUT2D eigenvalue weighted by Crippen LogP contribution is 2.23. The largest absolute Gasteiger partial charge is 0.327 e. The second kappa shape index (κ2) is 5.77. The van der Waals surface area contributed by atoms with E-state index in [1.807, 2.05) is 26.0 Å². The zero-order valence-corrected chi connectivity index (χ0v) is 11.4. The molecule has 0 saturated heterocycles. The average Bonchev–Trinajstić information content (AvgIpc) is 2.50. The maximum atomic E-state index is 11.6. The van der Waals surface area contributed by atoms with Crippen LogP contribution in [0.25, 0.3) is 0 Å². The number of thiophene rings is 1. The van der Waals surface area contributed by atoms with Crippen molar-refractivity contribution in [2.24, 2.45) is 11.7 Å². The molecule has 2 N–H and O–H groups in total. The van der Waals surface area contributed by atoms with E-state index in [1.165, 1.54) is 0 Å². The summed E-state index contributed by atoms with van der Waals surface area (Å²) < 4.78 is 1.07. The molecule has 2 nitrogen and oxygen atoms in total. The van der Waals surface area contributed by atoms with Crippen molar-refractivity contribution >= 4 is 33.0 Å². The number of nitrogens with two attached hydrogens (primary N) is 1. The lowest BCUT2D eigenvalue weighted by Crippen LogP contribution is -2.29. The highest BCUT2D eigenvalue weighted by molar-refractivity contribution is 9.11. The Morgan fingerprint density at radius 2 is 2.20 bits per heavy atom. The van der Waals surface area contributed by atoms with E-state index in [4.69, 9.17) is 5.73 Å². The van der Waals surface area contributed by atoms with Crippen molar-refractivity contribution in [1.82, 2.24) is 0 Å². The monoisotopic (exact) mass is 289 g/mol. The average molecular weight is 290 g/mol. The minimum atomic E-state index is -0.0131. The van der Waals surface area contributed by atoms with Crippen LogP contribution < -0.4 is 5.73 Å². The summed E-state index contributed by atoms with van der Waals surface area (Å²) in [5.41, 5.74) is 5.85. The fraction of sp³-hybridized carbons (Fsp3) is 0.545. The second-order valence-electron chi connectivity index (χ2n) is 4.03. The van der Waals surface area contributed by atoms with Crippen LogP contribution in [0.2, 0.25) is 0 Å². The summed E-state index contributed by atoms with van der Waals surface area (Å²) in [7, 11) is 0. The Hall–Kier alpha value is -0.190. The molecule has 1 rings (SSSR count). The van der Waals surface area contributed by atoms with E-state index in [2.05, 4.69) is 15.9 Å². The van der Waals surface area contributed by atoms with Crippen molar-refractivity contribution < 1.29 is 4.79 Å². The summed E-state index contributed by atoms with van der Waals surface area (Å²) in [6.45, 7) is 4.08. The van der Waals surface area contributed by atoms with Gasteiger partial charge < -0.3 is 5.73 Å². The molecular weight excluding hydrogens is 274 g/mol. The third kappa shape index (κ3) is 4.45. The van der Waals surface area contributed by atoms with Crippen molar-refractivity contribution in [3.05, 3.63) is 20.8 Å². The lowest BCUT2D eigenvalue weighted by molar-refractivity contribution is -0.118. The van der Waals surface area contributed by atoms with Crippen LogP contribution in [0.1, 0.15) is 25.1 Å². The third-order valence-electron chi connectivity index (χ3n) is 2.32. The lowest BCUT2D eigenvalue weighted by atomic mass is 9.98. The molecule has 1 unspecified atom stereocenters. The van der Waals surface area contributed by atoms with Gasteiger partial charge in [0.15, 0.2) is 0 Å². The molecule has 0 aromatic carbocycles. The molecule has 0 radical (unpaired) electrons. The van der Waals surface area contributed by atoms with Crippen molar-refractivity contribution in [3.63, 3.8) is 0 Å². The second-order valence-corrected chi connectivity index (χ2v) is 6.58. The molecule has 0 aliphatic carbocycles. The first-order valence-electron chi connectivity index (χ1n) is 5.00. The van der Waals surface area contributed by atoms with Gasteiger partial charge in [0.2, 0.25) is 0 Å². The maximum Gasteiger partial charge on any atom is 0.139 e. The van der Waals surface area contributed by atoms with Gasteiger partial charge in [0, 0.05) is 23.8 Å². The number of hydrogen-bond donors (Lipinski definition) is 1. The van der Waals surface area contributed by atoms with Gasteiger partial charge in [-0.3, -0.25) is 4.79 Å². The number of ketones is 1. The van der Waals surface area contributed by atoms with E-state index >= 15 is 0 Å². The molecule has 0 aliphatic rings. The number of carbonyl (C=O) groups excluding carboxylic acids is 1. The maximum absolute atomic E-state index is 11.6. The number of hydrogen-bond acceptors (Lipinski definition) is 3. The minimum absolute atomic E-state index is 0.0131. The van der Waals surface area contributed by atoms with Crippen LogP contribution >= 0.6 is 27.3 Å². The summed E-state index contributed by atoms with van der Waals surface area (Å²) >= 11 is 4.99. The van der Waals surface area contributed by atoms with Gasteiger partial charge in [0.05, 0.1) is 3.79 Å². The Morgan fingerprint density at radius 1 is 1.53 bits per heavy atom. The van der Waals surface area contributed by atoms with Crippen molar-refractivity contribution in [2.75, 3.05) is 0 Å². The van der Waals surface area contributed by atoms with E-state index in [9.17, 15) is 4.79 Å². The first-order valence-corrected chi connectivity index (χ1v) is 6.61. The van der Waals surface area contributed by atoms with Crippen LogP contribution in [0.3, 0.4) is 0 Å². The van der Waals surface area contributed by atoms with Crippen LogP contribution in [-0.4, -0.2) is 11.8 Å². The topological polar surface area (TPSA) is 43.1 Å². The van der Waals surface area contributed by atoms with Gasteiger partial charge in [-0.25, -0.2) is 0 Å². The standard InChI is InChI=1S/C11H16BrNOS/c1-7(2)10(13)6-8(14)5-9-3-4-11(12)15-9/h3-4,7,10H,5-6,13H2,1-2H3. The smallest absolute Gasteiger partial charge is 0.139 e. The molecule has 4 heteroatoms. The molecule has 0 fully saturated rings. The highest BCUT2D eigenvalue weighted by Gasteiger charge is 2.13. The number of carbonyl (C=O) groups is 1. The van der Waals surface area contributed by atoms with Crippen molar-refractivity contribution in [1.29, 1.82) is 0 Å². The normalized spacial score (nSPS) is 13.1. The van der Waals surface area contributed by atoms with Crippen LogP contribution in [0.15, 0.2) is 15.9 Å². The number of Topliss-reactive ketones (excluding diaryl/α,β-unsaturated/α-hetero) is 1. The molecule has 0 spiro atoms. The van der Waals surface area contributed by atoms with Crippen LogP contribution in [0.4, 0.5) is 0 Å². The molecule has 1 aromatic rings. The molecule has 1 aromatic heterocycles. The molecule has 0 aliphatic heterocycles. The van der Waals surface area contributed by atoms with Crippen LogP contribution in [-0.2, 0) is 11.2 Å². The summed E-state index contributed by atoms with van der Waals surface area (Å²) in [4.78, 5) is 12.7. The fourth-order valence-electron chi connectivity index (χ4n) is 1.21. The summed E-state index contributed by atoms with van der Waals surface area (Å²) in [6.07, 6.45) is 0.990. The molecule has 1 atom stereocenters. The molecule has 0 bridgehead atoms. The first kappa shape index (κ1) is 12.9. The van der Waals surface area contributed by atoms with Gasteiger partial charge in [0.25, 0.3) is 0 Å². The number of halogens is 1. The Balaban J connectivity index is 2.43. The van der Waals surface area contributed by atoms with Gasteiger partial charge in [0.1, 0.15) is 5.78 Å². The first-order chi connectivity index (χ1) is 6.99. The Kier molecular flexibility index (Phi) is 4.96. The molecule has 1 heterocycles. The van der Waals surface area contributed by atoms with E-state index in [0.717, 1.165) is 8.66 Å². The summed E-state index contributed by atoms with van der Waals surface area (Å²) in [5.74, 6) is 0.592. The SMILES string of the molecule is CC(C)C(N)CC(=O)Cc1ccc(Br)s1. The van der Waals surface area contributed by atoms with E-state index in [0.29, 0.717) is 18.8 Å². The van der Waals surface area contributed by atoms with Crippen molar-refractivity contribution in [2.45, 2.75) is 32.7 Å². The summed E-state index contributed by atoms with van der Waals surface area (Å²) in [6, 6.07) is 3.93. The van der Waals surface area contributed by atoms with Gasteiger partial charge in [-0.1, -0.05) is 13.8 Å². The van der Waals surface area contributed by atoms with Gasteiger partial charge in [-0.05, 0) is 34.0 Å². The molecule has 0 saturated carbocycles. The van der Waals surface area contributed by atoms with Gasteiger partial charge in [-0.2, -0.15) is 0 Å². The van der Waals surface area contributed by atoms with Gasteiger partial charge >= 0.3 is 0 Å². The zero-order chi connectivity index (χ0) is 11.4. The van der Waals surface area contributed by atoms with E-state index in [1.54, 1.807) is 11.3 Å². The van der Waals surface area contributed by atoms with E-state index < -0.39 is 0 Å². The molecule has 15 heavy (non-hydrogen) atoms. The lowest BCUT2D eigenvalue weighted by Gasteiger charge is -2.13. The number of rotatable bonds is 5. The minimum Gasteiger partial charge on any atom is -0.327 e. The zero-order valence-electron chi connectivity index (χ0n) is 9.00. The Labute approximate surface area is 103 Å². The Morgan fingerprint density at radius 3 is 2.67 bits per heavy atom. The van der Waals surface area contributed by atoms with Crippen LogP contribution in [0, 0.1) is 5.92 Å². The highest BCUT2D eigenvalue weighted by atomic mass is 79.9. The van der Waals surface area contributed by atoms with Crippen molar-refractivity contribution in [3.8, 4) is 0 Å². The quantitative estimate of drug-likeness (QED) is 0.906. The van der Waals surface area contributed by atoms with E-state index in [-0.39, 0.29) is 11.8 Å². The van der Waals surface area contributed by atoms with Gasteiger partial charge in [-0.15, -0.1) is 11.3 Å². The molecule has 0 amide bonds. The predicted molar refractivity (Wildman–Crippen MR) is 68.2 cm³/mol. The summed E-state index contributed by atoms with van der Waals surface area (Å²) in [5, 5.41) is 0. The Bertz CT molecular complexity index is 335. The molecular formula is C11H16BrNOS. The fourth-order valence-corrected chi connectivity index (χ4v) is 2.72.